The molecule has 0 unspecified atom stereocenters. The van der Waals surface area contributed by atoms with Gasteiger partial charge < -0.3 is 14.8 Å². The summed E-state index contributed by atoms with van der Waals surface area (Å²) in [5, 5.41) is 16.7. The highest BCUT2D eigenvalue weighted by atomic mass is 35.5. The second-order valence-electron chi connectivity index (χ2n) is 6.35. The van der Waals surface area contributed by atoms with Crippen molar-refractivity contribution < 1.29 is 14.3 Å². The number of benzene rings is 2. The van der Waals surface area contributed by atoms with Crippen molar-refractivity contribution in [2.45, 2.75) is 5.16 Å². The molecule has 2 heterocycles. The first-order valence-corrected chi connectivity index (χ1v) is 10.6. The Kier molecular flexibility index (Phi) is 6.24. The topological polar surface area (TPSA) is 90.6 Å². The number of anilines is 1. The zero-order valence-electron chi connectivity index (χ0n) is 16.7. The van der Waals surface area contributed by atoms with E-state index in [1.54, 1.807) is 29.8 Å². The lowest BCUT2D eigenvalue weighted by Crippen LogP contribution is -2.15. The number of amides is 1. The summed E-state index contributed by atoms with van der Waals surface area (Å²) in [6.07, 6.45) is 0. The monoisotopic (exact) mass is 455 g/mol. The number of nitrogens with one attached hydrogen (secondary N) is 1. The summed E-state index contributed by atoms with van der Waals surface area (Å²) in [4.78, 5) is 12.5. The highest BCUT2D eigenvalue weighted by Gasteiger charge is 2.14. The van der Waals surface area contributed by atoms with Gasteiger partial charge in [0, 0.05) is 10.6 Å². The molecule has 31 heavy (non-hydrogen) atoms. The van der Waals surface area contributed by atoms with Crippen LogP contribution in [0, 0.1) is 0 Å². The van der Waals surface area contributed by atoms with Gasteiger partial charge in [-0.15, -0.1) is 10.2 Å². The van der Waals surface area contributed by atoms with Crippen LogP contribution in [0.15, 0.2) is 59.8 Å². The minimum absolute atomic E-state index is 0.108. The maximum absolute atomic E-state index is 12.5. The molecular formula is C21H18ClN5O3S. The molecule has 1 N–H and O–H groups in total. The van der Waals surface area contributed by atoms with Crippen LogP contribution in [0.5, 0.6) is 11.5 Å². The number of hydrogen-bond acceptors (Lipinski definition) is 7. The van der Waals surface area contributed by atoms with Gasteiger partial charge >= 0.3 is 0 Å². The molecule has 0 radical (unpaired) electrons. The zero-order valence-corrected chi connectivity index (χ0v) is 18.3. The van der Waals surface area contributed by atoms with Crippen LogP contribution in [-0.4, -0.2) is 45.7 Å². The Morgan fingerprint density at radius 2 is 1.87 bits per heavy atom. The molecule has 0 saturated heterocycles. The average Bonchev–Trinajstić information content (AvgIpc) is 3.20. The van der Waals surface area contributed by atoms with E-state index in [-0.39, 0.29) is 11.7 Å². The van der Waals surface area contributed by atoms with Crippen LogP contribution in [0.1, 0.15) is 0 Å². The third-order valence-electron chi connectivity index (χ3n) is 4.39. The molecule has 4 aromatic rings. The summed E-state index contributed by atoms with van der Waals surface area (Å²) in [5.74, 6) is 1.12. The van der Waals surface area contributed by atoms with E-state index in [9.17, 15) is 4.79 Å². The van der Waals surface area contributed by atoms with E-state index in [4.69, 9.17) is 21.1 Å². The molecule has 2 aromatic heterocycles. The molecule has 0 bridgehead atoms. The van der Waals surface area contributed by atoms with E-state index in [0.29, 0.717) is 38.7 Å². The first-order chi connectivity index (χ1) is 15.1. The summed E-state index contributed by atoms with van der Waals surface area (Å²) in [6.45, 7) is 0. The van der Waals surface area contributed by atoms with Crippen LogP contribution in [0.3, 0.4) is 0 Å². The number of nitrogens with zero attached hydrogens (tertiary/aromatic N) is 4. The Hall–Kier alpha value is -3.30. The molecule has 158 valence electrons. The van der Waals surface area contributed by atoms with Gasteiger partial charge in [0.05, 0.1) is 31.4 Å². The predicted octanol–water partition coefficient (Wildman–Crippen LogP) is 4.19. The van der Waals surface area contributed by atoms with Crippen molar-refractivity contribution in [2.75, 3.05) is 25.3 Å². The molecule has 10 heteroatoms. The largest absolute Gasteiger partial charge is 0.496 e. The standard InChI is InChI=1S/C21H18ClN5O3S/c1-29-17-6-4-3-5-14(17)15-8-10-19-24-25-21(27(19)26-15)31-12-20(28)23-16-11-13(22)7-9-18(16)30-2/h3-11H,12H2,1-2H3,(H,23,28). The Labute approximate surface area is 187 Å². The number of ether oxygens (including phenoxy) is 2. The fourth-order valence-electron chi connectivity index (χ4n) is 2.95. The van der Waals surface area contributed by atoms with Gasteiger partial charge in [-0.25, -0.2) is 0 Å². The molecule has 0 atom stereocenters. The second kappa shape index (κ2) is 9.23. The third kappa shape index (κ3) is 4.57. The lowest BCUT2D eigenvalue weighted by atomic mass is 10.1. The van der Waals surface area contributed by atoms with Crippen LogP contribution >= 0.6 is 23.4 Å². The fraction of sp³-hybridized carbons (Fsp3) is 0.143. The van der Waals surface area contributed by atoms with Crippen molar-refractivity contribution >= 4 is 40.6 Å². The third-order valence-corrected chi connectivity index (χ3v) is 5.54. The van der Waals surface area contributed by atoms with Gasteiger partial charge in [-0.3, -0.25) is 4.79 Å². The van der Waals surface area contributed by atoms with Crippen LogP contribution in [0.2, 0.25) is 5.02 Å². The van der Waals surface area contributed by atoms with E-state index < -0.39 is 0 Å². The minimum Gasteiger partial charge on any atom is -0.496 e. The zero-order chi connectivity index (χ0) is 21.8. The number of aromatic nitrogens is 4. The van der Waals surface area contributed by atoms with Crippen molar-refractivity contribution in [2.24, 2.45) is 0 Å². The lowest BCUT2D eigenvalue weighted by molar-refractivity contribution is -0.113. The summed E-state index contributed by atoms with van der Waals surface area (Å²) in [5.41, 5.74) is 2.64. The smallest absolute Gasteiger partial charge is 0.234 e. The Morgan fingerprint density at radius 3 is 2.68 bits per heavy atom. The van der Waals surface area contributed by atoms with E-state index in [2.05, 4.69) is 20.6 Å². The molecule has 0 aliphatic heterocycles. The number of para-hydroxylation sites is 1. The molecule has 2 aromatic carbocycles. The van der Waals surface area contributed by atoms with Gasteiger partial charge in [-0.1, -0.05) is 35.5 Å². The van der Waals surface area contributed by atoms with Crippen LogP contribution in [0.4, 0.5) is 5.69 Å². The molecule has 0 saturated carbocycles. The number of hydrogen-bond donors (Lipinski definition) is 1. The maximum Gasteiger partial charge on any atom is 0.234 e. The highest BCUT2D eigenvalue weighted by molar-refractivity contribution is 7.99. The Morgan fingerprint density at radius 1 is 1.06 bits per heavy atom. The fourth-order valence-corrected chi connectivity index (χ4v) is 3.81. The number of carbonyl (C=O) groups excluding carboxylic acids is 1. The van der Waals surface area contributed by atoms with Crippen LogP contribution < -0.4 is 14.8 Å². The van der Waals surface area contributed by atoms with Gasteiger partial charge in [-0.2, -0.15) is 9.61 Å². The normalized spacial score (nSPS) is 10.8. The van der Waals surface area contributed by atoms with Gasteiger partial charge in [0.1, 0.15) is 11.5 Å². The minimum atomic E-state index is -0.233. The first kappa shape index (κ1) is 21.0. The Balaban J connectivity index is 1.53. The number of fused-ring (bicyclic) bond motifs is 1. The molecule has 8 nitrogen and oxygen atoms in total. The number of thioether (sulfide) groups is 1. The molecule has 4 rings (SSSR count). The first-order valence-electron chi connectivity index (χ1n) is 9.21. The van der Waals surface area contributed by atoms with Gasteiger partial charge in [-0.05, 0) is 42.5 Å². The van der Waals surface area contributed by atoms with Gasteiger partial charge in [0.25, 0.3) is 0 Å². The van der Waals surface area contributed by atoms with Crippen molar-refractivity contribution in [3.8, 4) is 22.8 Å². The molecule has 0 spiro atoms. The van der Waals surface area contributed by atoms with E-state index in [1.807, 2.05) is 36.4 Å². The summed E-state index contributed by atoms with van der Waals surface area (Å²) >= 11 is 7.24. The summed E-state index contributed by atoms with van der Waals surface area (Å²) < 4.78 is 12.3. The van der Waals surface area contributed by atoms with Crippen molar-refractivity contribution in [1.82, 2.24) is 19.8 Å². The van der Waals surface area contributed by atoms with Crippen LogP contribution in [0.25, 0.3) is 16.9 Å². The second-order valence-corrected chi connectivity index (χ2v) is 7.73. The molecule has 0 fully saturated rings. The van der Waals surface area contributed by atoms with Crippen molar-refractivity contribution in [1.29, 1.82) is 0 Å². The molecular weight excluding hydrogens is 438 g/mol. The Bertz CT molecular complexity index is 1250. The van der Waals surface area contributed by atoms with Gasteiger partial charge in [0.15, 0.2) is 5.65 Å². The SMILES string of the molecule is COc1ccc(Cl)cc1NC(=O)CSc1nnc2ccc(-c3ccccc3OC)nn12. The number of methoxy groups -OCH3 is 2. The average molecular weight is 456 g/mol. The van der Waals surface area contributed by atoms with E-state index >= 15 is 0 Å². The molecule has 0 aliphatic carbocycles. The predicted molar refractivity (Wildman–Crippen MR) is 120 cm³/mol. The highest BCUT2D eigenvalue weighted by Crippen LogP contribution is 2.30. The lowest BCUT2D eigenvalue weighted by Gasteiger charge is -2.10. The molecule has 1 amide bonds. The van der Waals surface area contributed by atoms with E-state index in [1.165, 1.54) is 18.9 Å². The summed E-state index contributed by atoms with van der Waals surface area (Å²) in [6, 6.07) is 16.3. The molecule has 0 aliphatic rings. The van der Waals surface area contributed by atoms with Crippen molar-refractivity contribution in [3.63, 3.8) is 0 Å². The van der Waals surface area contributed by atoms with E-state index in [0.717, 1.165) is 5.56 Å². The maximum atomic E-state index is 12.5. The van der Waals surface area contributed by atoms with Gasteiger partial charge in [0.2, 0.25) is 11.1 Å². The van der Waals surface area contributed by atoms with Crippen molar-refractivity contribution in [3.05, 3.63) is 59.6 Å². The number of halogens is 1. The number of carbonyl (C=O) groups is 1. The number of rotatable bonds is 7. The van der Waals surface area contributed by atoms with Crippen LogP contribution in [-0.2, 0) is 4.79 Å². The summed E-state index contributed by atoms with van der Waals surface area (Å²) in [7, 11) is 3.14. The quantitative estimate of drug-likeness (QED) is 0.418.